The quantitative estimate of drug-likeness (QED) is 0.317. The van der Waals surface area contributed by atoms with Crippen LogP contribution in [0.15, 0.2) is 59.2 Å². The highest BCUT2D eigenvalue weighted by Crippen LogP contribution is 2.43. The summed E-state index contributed by atoms with van der Waals surface area (Å²) in [6.07, 6.45) is 3.78. The zero-order valence-electron chi connectivity index (χ0n) is 27.2. The van der Waals surface area contributed by atoms with Crippen LogP contribution in [0.4, 0.5) is 4.79 Å². The molecule has 1 aliphatic carbocycles. The van der Waals surface area contributed by atoms with Gasteiger partial charge in [-0.15, -0.1) is 17.1 Å². The van der Waals surface area contributed by atoms with Gasteiger partial charge in [0.15, 0.2) is 5.54 Å². The fraction of sp³-hybridized carbons (Fsp3) is 0.457. The number of amides is 3. The molecule has 1 aromatic carbocycles. The molecule has 48 heavy (non-hydrogen) atoms. The van der Waals surface area contributed by atoms with E-state index in [1.54, 1.807) is 26.8 Å². The molecule has 252 valence electrons. The lowest BCUT2D eigenvalue weighted by atomic mass is 10.1. The predicted octanol–water partition coefficient (Wildman–Crippen LogP) is 4.99. The number of nitrogens with one attached hydrogen (secondary N) is 2. The van der Waals surface area contributed by atoms with Crippen molar-refractivity contribution in [1.82, 2.24) is 25.5 Å². The smallest absolute Gasteiger partial charge is 0.408 e. The van der Waals surface area contributed by atoms with Crippen molar-refractivity contribution in [3.05, 3.63) is 59.2 Å². The summed E-state index contributed by atoms with van der Waals surface area (Å²) in [5.74, 6) is -2.02. The number of fused-ring (bicyclic) bond motifs is 3. The molecule has 1 saturated heterocycles. The molecule has 3 aromatic rings. The number of carbonyl (C=O) groups excluding carboxylic acids is 3. The highest BCUT2D eigenvalue weighted by molar-refractivity contribution is 7.13. The minimum atomic E-state index is -1.58. The van der Waals surface area contributed by atoms with E-state index >= 15 is 0 Å². The van der Waals surface area contributed by atoms with Crippen molar-refractivity contribution in [1.29, 1.82) is 0 Å². The van der Waals surface area contributed by atoms with E-state index in [2.05, 4.69) is 16.4 Å². The Morgan fingerprint density at radius 2 is 1.88 bits per heavy atom. The number of nitrogens with zero attached hydrogens (tertiary/aromatic N) is 3. The third kappa shape index (κ3) is 7.22. The summed E-state index contributed by atoms with van der Waals surface area (Å²) in [6.45, 7) is 5.21. The summed E-state index contributed by atoms with van der Waals surface area (Å²) in [5.41, 5.74) is 3.06. The molecule has 12 nitrogen and oxygen atoms in total. The largest absolute Gasteiger partial charge is 0.479 e. The summed E-state index contributed by atoms with van der Waals surface area (Å²) in [5, 5.41) is 17.5. The van der Waals surface area contributed by atoms with E-state index in [9.17, 15) is 24.3 Å². The zero-order valence-corrected chi connectivity index (χ0v) is 28.0. The Hall–Kier alpha value is -4.74. The topological polar surface area (TPSA) is 160 Å². The Balaban J connectivity index is 1.33. The maximum Gasteiger partial charge on any atom is 0.408 e. The molecule has 6 rings (SSSR count). The van der Waals surface area contributed by atoms with Crippen LogP contribution in [-0.2, 0) is 19.1 Å². The second-order valence-corrected chi connectivity index (χ2v) is 14.3. The van der Waals surface area contributed by atoms with E-state index in [0.29, 0.717) is 41.6 Å². The molecule has 2 aromatic heterocycles. The first-order valence-corrected chi connectivity index (χ1v) is 17.1. The van der Waals surface area contributed by atoms with Crippen molar-refractivity contribution in [3.8, 4) is 16.5 Å². The van der Waals surface area contributed by atoms with Gasteiger partial charge < -0.3 is 30.1 Å². The highest BCUT2D eigenvalue weighted by Gasteiger charge is 2.59. The molecule has 3 N–H and O–H groups in total. The average molecular weight is 674 g/mol. The van der Waals surface area contributed by atoms with Gasteiger partial charge in [0.2, 0.25) is 17.7 Å². The van der Waals surface area contributed by atoms with E-state index in [1.165, 1.54) is 16.2 Å². The number of hydrogen-bond donors (Lipinski definition) is 3. The van der Waals surface area contributed by atoms with E-state index in [4.69, 9.17) is 19.4 Å². The zero-order chi connectivity index (χ0) is 34.1. The van der Waals surface area contributed by atoms with E-state index in [-0.39, 0.29) is 25.3 Å². The Bertz CT molecular complexity index is 1800. The Kier molecular flexibility index (Phi) is 9.26. The molecule has 2 aliphatic heterocycles. The number of alkyl carbamates (subject to hydrolysis) is 1. The van der Waals surface area contributed by atoms with Crippen LogP contribution in [0.5, 0.6) is 5.88 Å². The predicted molar refractivity (Wildman–Crippen MR) is 178 cm³/mol. The standard InChI is InChI=1S/C35H39N5O7S/c1-34(2,3)47-33(45)38-25-15-8-6-4-5-7-12-21-19-35(21,32(43)44)39-29(41)26-18-22(20-40(26)31(25)42)46-30-28(27-16-11-17-48-27)36-23-13-9-10-14-24(23)37-30/h7,9-11,13-14,16-17,22,25-26H,4-6,8,15,18-20H2,1-3H3,(H,38,45)(H,39,41)(H,43,44)/t12?,22-,25+,26+,35-/m1/s1. The first-order valence-electron chi connectivity index (χ1n) is 16.2. The number of rotatable bonds is 5. The first-order chi connectivity index (χ1) is 22.9. The molecule has 2 fully saturated rings. The second kappa shape index (κ2) is 13.4. The number of aliphatic carboxylic acids is 1. The molecule has 4 atom stereocenters. The molecule has 0 unspecified atom stereocenters. The minimum absolute atomic E-state index is 0.00444. The first kappa shape index (κ1) is 33.2. The monoisotopic (exact) mass is 673 g/mol. The Morgan fingerprint density at radius 3 is 2.58 bits per heavy atom. The van der Waals surface area contributed by atoms with Crippen LogP contribution in [0.1, 0.15) is 65.7 Å². The SMILES string of the molecule is CC(C)(C)OC(=O)N[C@H]1CCCCCC=C=C2C[C@@]2(C(=O)O)NC(=O)[C@@H]2C[C@@H](Oc3nc4ccccc4nc3-c3cccs3)CN2C1=O. The van der Waals surface area contributed by atoms with Crippen LogP contribution in [0.2, 0.25) is 0 Å². The van der Waals surface area contributed by atoms with Crippen molar-refractivity contribution in [3.63, 3.8) is 0 Å². The van der Waals surface area contributed by atoms with Gasteiger partial charge in [-0.1, -0.05) is 31.0 Å². The number of thiophene rings is 1. The van der Waals surface area contributed by atoms with Gasteiger partial charge >= 0.3 is 12.1 Å². The molecular formula is C35H39N5O7S. The summed E-state index contributed by atoms with van der Waals surface area (Å²) in [4.78, 5) is 65.3. The molecule has 3 aliphatic rings. The van der Waals surface area contributed by atoms with Crippen LogP contribution in [-0.4, -0.2) is 79.7 Å². The second-order valence-electron chi connectivity index (χ2n) is 13.4. The van der Waals surface area contributed by atoms with Gasteiger partial charge in [0.25, 0.3) is 0 Å². The molecule has 3 amide bonds. The average Bonchev–Trinajstić information content (AvgIpc) is 3.34. The lowest BCUT2D eigenvalue weighted by molar-refractivity contribution is -0.145. The van der Waals surface area contributed by atoms with Crippen molar-refractivity contribution >= 4 is 46.2 Å². The summed E-state index contributed by atoms with van der Waals surface area (Å²) >= 11 is 1.48. The lowest BCUT2D eigenvalue weighted by Crippen LogP contribution is -2.56. The van der Waals surface area contributed by atoms with Crippen molar-refractivity contribution < 1.29 is 33.8 Å². The van der Waals surface area contributed by atoms with Gasteiger partial charge in [-0.25, -0.2) is 19.6 Å². The maximum atomic E-state index is 14.3. The molecule has 1 saturated carbocycles. The number of carboxylic acid groups (broad SMARTS) is 1. The van der Waals surface area contributed by atoms with Crippen molar-refractivity contribution in [2.45, 2.75) is 95.0 Å². The van der Waals surface area contributed by atoms with E-state index in [0.717, 1.165) is 17.7 Å². The highest BCUT2D eigenvalue weighted by atomic mass is 32.1. The van der Waals surface area contributed by atoms with Crippen molar-refractivity contribution in [2.24, 2.45) is 0 Å². The number of aromatic nitrogens is 2. The van der Waals surface area contributed by atoms with Gasteiger partial charge in [-0.2, -0.15) is 0 Å². The number of benzene rings is 1. The molecule has 0 spiro atoms. The van der Waals surface area contributed by atoms with Gasteiger partial charge in [0.1, 0.15) is 29.5 Å². The molecular weight excluding hydrogens is 634 g/mol. The van der Waals surface area contributed by atoms with E-state index < -0.39 is 53.2 Å². The minimum Gasteiger partial charge on any atom is -0.479 e. The molecule has 0 radical (unpaired) electrons. The third-order valence-corrected chi connectivity index (χ3v) is 9.44. The summed E-state index contributed by atoms with van der Waals surface area (Å²) in [6, 6.07) is 9.20. The normalized spacial score (nSPS) is 24.8. The van der Waals surface area contributed by atoms with Crippen LogP contribution >= 0.6 is 11.3 Å². The fourth-order valence-corrected chi connectivity index (χ4v) is 6.82. The van der Waals surface area contributed by atoms with Crippen molar-refractivity contribution in [2.75, 3.05) is 6.54 Å². The fourth-order valence-electron chi connectivity index (χ4n) is 6.11. The number of ether oxygens (including phenoxy) is 2. The number of carbonyl (C=O) groups is 4. The van der Waals surface area contributed by atoms with Gasteiger partial charge in [-0.3, -0.25) is 9.59 Å². The van der Waals surface area contributed by atoms with Gasteiger partial charge in [0, 0.05) is 18.4 Å². The lowest BCUT2D eigenvalue weighted by Gasteiger charge is -2.30. The number of carboxylic acids is 1. The Labute approximate surface area is 282 Å². The Morgan fingerprint density at radius 1 is 1.10 bits per heavy atom. The van der Waals surface area contributed by atoms with Crippen LogP contribution in [0.3, 0.4) is 0 Å². The molecule has 4 heterocycles. The van der Waals surface area contributed by atoms with E-state index in [1.807, 2.05) is 41.8 Å². The van der Waals surface area contributed by atoms with Crippen LogP contribution in [0.25, 0.3) is 21.6 Å². The third-order valence-electron chi connectivity index (χ3n) is 8.56. The number of hydrogen-bond acceptors (Lipinski definition) is 9. The number of para-hydroxylation sites is 2. The summed E-state index contributed by atoms with van der Waals surface area (Å²) < 4.78 is 11.9. The summed E-state index contributed by atoms with van der Waals surface area (Å²) in [7, 11) is 0. The van der Waals surface area contributed by atoms with Gasteiger partial charge in [0.05, 0.1) is 22.5 Å². The van der Waals surface area contributed by atoms with Crippen LogP contribution in [0, 0.1) is 0 Å². The molecule has 13 heteroatoms. The molecule has 0 bridgehead atoms. The maximum absolute atomic E-state index is 14.3. The van der Waals surface area contributed by atoms with Gasteiger partial charge in [-0.05, 0) is 69.7 Å². The van der Waals surface area contributed by atoms with Crippen LogP contribution < -0.4 is 15.4 Å².